The van der Waals surface area contributed by atoms with Crippen molar-refractivity contribution >= 4 is 0 Å². The maximum atomic E-state index is 2.16. The minimum absolute atomic E-state index is 1.38. The summed E-state index contributed by atoms with van der Waals surface area (Å²) in [5, 5.41) is 0. The van der Waals surface area contributed by atoms with Crippen LogP contribution in [0, 0.1) is 0 Å². The average molecular weight is 124 g/mol. The molecule has 0 aliphatic carbocycles. The van der Waals surface area contributed by atoms with Gasteiger partial charge in [-0.05, 0) is 40.2 Å². The standard InChI is InChI=1S/C9H16/c1-6-8(4)9(5)7(2)3/h6H,1-5H3/b8-6+. The maximum Gasteiger partial charge on any atom is -0.0396 e. The Kier molecular flexibility index (Phi) is 3.29. The highest BCUT2D eigenvalue weighted by Crippen LogP contribution is 2.11. The molecular formula is C9H16. The summed E-state index contributed by atoms with van der Waals surface area (Å²) in [6.07, 6.45) is 2.14. The van der Waals surface area contributed by atoms with Crippen molar-refractivity contribution in [1.29, 1.82) is 0 Å². The molecule has 0 unspecified atom stereocenters. The fourth-order valence-corrected chi connectivity index (χ4v) is 0.611. The number of allylic oxidation sites excluding steroid dienone is 4. The molecule has 0 aromatic heterocycles. The first-order valence-electron chi connectivity index (χ1n) is 3.37. The van der Waals surface area contributed by atoms with Gasteiger partial charge in [-0.2, -0.15) is 0 Å². The van der Waals surface area contributed by atoms with Crippen molar-refractivity contribution in [2.75, 3.05) is 0 Å². The highest BCUT2D eigenvalue weighted by Gasteiger charge is 1.91. The van der Waals surface area contributed by atoms with Gasteiger partial charge in [0, 0.05) is 0 Å². The number of rotatable bonds is 1. The molecule has 0 heteroatoms. The van der Waals surface area contributed by atoms with Crippen LogP contribution in [0.2, 0.25) is 0 Å². The van der Waals surface area contributed by atoms with E-state index in [1.807, 2.05) is 0 Å². The van der Waals surface area contributed by atoms with E-state index in [-0.39, 0.29) is 0 Å². The summed E-state index contributed by atoms with van der Waals surface area (Å²) < 4.78 is 0. The smallest absolute Gasteiger partial charge is 0.0396 e. The van der Waals surface area contributed by atoms with E-state index in [4.69, 9.17) is 0 Å². The van der Waals surface area contributed by atoms with Gasteiger partial charge in [0.1, 0.15) is 0 Å². The Morgan fingerprint density at radius 2 is 1.44 bits per heavy atom. The molecule has 0 heterocycles. The van der Waals surface area contributed by atoms with Gasteiger partial charge < -0.3 is 0 Å². The van der Waals surface area contributed by atoms with E-state index in [0.717, 1.165) is 0 Å². The Hall–Kier alpha value is -0.520. The van der Waals surface area contributed by atoms with Gasteiger partial charge in [-0.15, -0.1) is 0 Å². The van der Waals surface area contributed by atoms with Crippen LogP contribution in [0.3, 0.4) is 0 Å². The summed E-state index contributed by atoms with van der Waals surface area (Å²) in [5.41, 5.74) is 4.21. The first kappa shape index (κ1) is 8.48. The summed E-state index contributed by atoms with van der Waals surface area (Å²) in [5.74, 6) is 0. The van der Waals surface area contributed by atoms with Crippen LogP contribution in [0.5, 0.6) is 0 Å². The molecule has 0 radical (unpaired) electrons. The third-order valence-corrected chi connectivity index (χ3v) is 1.77. The Labute approximate surface area is 58.3 Å². The van der Waals surface area contributed by atoms with Gasteiger partial charge in [-0.1, -0.05) is 17.2 Å². The highest BCUT2D eigenvalue weighted by atomic mass is 14.0. The van der Waals surface area contributed by atoms with Crippen molar-refractivity contribution in [1.82, 2.24) is 0 Å². The molecule has 0 aliphatic heterocycles. The second-order valence-corrected chi connectivity index (χ2v) is 2.60. The summed E-state index contributed by atoms with van der Waals surface area (Å²) >= 11 is 0. The zero-order chi connectivity index (χ0) is 7.44. The van der Waals surface area contributed by atoms with Crippen LogP contribution in [0.15, 0.2) is 22.8 Å². The average Bonchev–Trinajstić information content (AvgIpc) is 1.84. The van der Waals surface area contributed by atoms with E-state index in [1.54, 1.807) is 0 Å². The molecule has 0 fully saturated rings. The van der Waals surface area contributed by atoms with Gasteiger partial charge in [0.2, 0.25) is 0 Å². The van der Waals surface area contributed by atoms with Gasteiger partial charge in [0.25, 0.3) is 0 Å². The monoisotopic (exact) mass is 124 g/mol. The van der Waals surface area contributed by atoms with Crippen LogP contribution in [0.4, 0.5) is 0 Å². The third kappa shape index (κ3) is 2.50. The molecule has 0 saturated heterocycles. The van der Waals surface area contributed by atoms with Crippen molar-refractivity contribution in [3.63, 3.8) is 0 Å². The zero-order valence-electron chi connectivity index (χ0n) is 7.08. The predicted molar refractivity (Wildman–Crippen MR) is 43.5 cm³/mol. The van der Waals surface area contributed by atoms with E-state index in [0.29, 0.717) is 0 Å². The fourth-order valence-electron chi connectivity index (χ4n) is 0.611. The van der Waals surface area contributed by atoms with Gasteiger partial charge in [-0.25, -0.2) is 0 Å². The Morgan fingerprint density at radius 1 is 1.00 bits per heavy atom. The van der Waals surface area contributed by atoms with Crippen LogP contribution in [0.25, 0.3) is 0 Å². The van der Waals surface area contributed by atoms with E-state index in [9.17, 15) is 0 Å². The number of hydrogen-bond donors (Lipinski definition) is 0. The normalized spacial score (nSPS) is 11.4. The molecule has 0 aromatic carbocycles. The summed E-state index contributed by atoms with van der Waals surface area (Å²) in [6, 6.07) is 0. The third-order valence-electron chi connectivity index (χ3n) is 1.77. The van der Waals surface area contributed by atoms with Crippen molar-refractivity contribution in [2.24, 2.45) is 0 Å². The fraction of sp³-hybridized carbons (Fsp3) is 0.556. The van der Waals surface area contributed by atoms with Crippen LogP contribution in [-0.2, 0) is 0 Å². The molecule has 0 atom stereocenters. The van der Waals surface area contributed by atoms with Crippen LogP contribution >= 0.6 is 0 Å². The molecule has 0 N–H and O–H groups in total. The minimum atomic E-state index is 1.38. The molecule has 0 spiro atoms. The van der Waals surface area contributed by atoms with Crippen molar-refractivity contribution in [2.45, 2.75) is 34.6 Å². The van der Waals surface area contributed by atoms with E-state index in [2.05, 4.69) is 40.7 Å². The van der Waals surface area contributed by atoms with Gasteiger partial charge in [-0.3, -0.25) is 0 Å². The zero-order valence-corrected chi connectivity index (χ0v) is 7.08. The molecule has 0 amide bonds. The molecule has 0 aromatic rings. The first-order valence-corrected chi connectivity index (χ1v) is 3.37. The second kappa shape index (κ2) is 3.49. The second-order valence-electron chi connectivity index (χ2n) is 2.60. The van der Waals surface area contributed by atoms with Gasteiger partial charge in [0.15, 0.2) is 0 Å². The van der Waals surface area contributed by atoms with Crippen LogP contribution in [-0.4, -0.2) is 0 Å². The quantitative estimate of drug-likeness (QED) is 0.470. The van der Waals surface area contributed by atoms with E-state index >= 15 is 0 Å². The molecule has 0 rings (SSSR count). The van der Waals surface area contributed by atoms with Crippen molar-refractivity contribution in [3.8, 4) is 0 Å². The Bertz CT molecular complexity index is 143. The van der Waals surface area contributed by atoms with Crippen molar-refractivity contribution in [3.05, 3.63) is 22.8 Å². The molecule has 0 saturated carbocycles. The summed E-state index contributed by atoms with van der Waals surface area (Å²) in [7, 11) is 0. The Balaban J connectivity index is 4.40. The minimum Gasteiger partial charge on any atom is -0.0845 e. The van der Waals surface area contributed by atoms with E-state index in [1.165, 1.54) is 16.7 Å². The molecule has 0 bridgehead atoms. The lowest BCUT2D eigenvalue weighted by Gasteiger charge is -2.01. The molecule has 0 nitrogen and oxygen atoms in total. The Morgan fingerprint density at radius 3 is 1.56 bits per heavy atom. The summed E-state index contributed by atoms with van der Waals surface area (Å²) in [6.45, 7) is 10.7. The lowest BCUT2D eigenvalue weighted by atomic mass is 10.1. The lowest BCUT2D eigenvalue weighted by Crippen LogP contribution is -1.80. The number of hydrogen-bond acceptors (Lipinski definition) is 0. The van der Waals surface area contributed by atoms with Gasteiger partial charge >= 0.3 is 0 Å². The SMILES string of the molecule is C/C=C(\C)C(C)=C(C)C. The maximum absolute atomic E-state index is 2.16. The molecule has 9 heavy (non-hydrogen) atoms. The topological polar surface area (TPSA) is 0 Å². The molecular weight excluding hydrogens is 108 g/mol. The first-order chi connectivity index (χ1) is 4.09. The van der Waals surface area contributed by atoms with Crippen molar-refractivity contribution < 1.29 is 0 Å². The van der Waals surface area contributed by atoms with Gasteiger partial charge in [0.05, 0.1) is 0 Å². The van der Waals surface area contributed by atoms with Crippen LogP contribution in [0.1, 0.15) is 34.6 Å². The lowest BCUT2D eigenvalue weighted by molar-refractivity contribution is 1.22. The largest absolute Gasteiger partial charge is 0.0845 e. The molecule has 52 valence electrons. The highest BCUT2D eigenvalue weighted by molar-refractivity contribution is 5.29. The van der Waals surface area contributed by atoms with Crippen LogP contribution < -0.4 is 0 Å². The summed E-state index contributed by atoms with van der Waals surface area (Å²) in [4.78, 5) is 0. The van der Waals surface area contributed by atoms with E-state index < -0.39 is 0 Å². The molecule has 0 aliphatic rings. The predicted octanol–water partition coefficient (Wildman–Crippen LogP) is 3.31.